The van der Waals surface area contributed by atoms with Gasteiger partial charge in [0.2, 0.25) is 17.7 Å². The van der Waals surface area contributed by atoms with Crippen LogP contribution in [0.2, 0.25) is 0 Å². The van der Waals surface area contributed by atoms with Gasteiger partial charge >= 0.3 is 0 Å². The summed E-state index contributed by atoms with van der Waals surface area (Å²) in [6.07, 6.45) is 3.99. The summed E-state index contributed by atoms with van der Waals surface area (Å²) < 4.78 is -0.723. The Morgan fingerprint density at radius 2 is 1.85 bits per heavy atom. The van der Waals surface area contributed by atoms with E-state index in [0.29, 0.717) is 19.5 Å². The monoisotopic (exact) mass is 555 g/mol. The van der Waals surface area contributed by atoms with Gasteiger partial charge in [-0.05, 0) is 26.2 Å². The second-order valence-electron chi connectivity index (χ2n) is 10.3. The third-order valence-electron chi connectivity index (χ3n) is 7.57. The fourth-order valence-electron chi connectivity index (χ4n) is 6.00. The first-order chi connectivity index (χ1) is 16.0. The van der Waals surface area contributed by atoms with Gasteiger partial charge in [-0.2, -0.15) is 0 Å². The van der Waals surface area contributed by atoms with E-state index in [2.05, 4.69) is 29.1 Å². The Balaban J connectivity index is 2.16. The largest absolute Gasteiger partial charge is 0.394 e. The summed E-state index contributed by atoms with van der Waals surface area (Å²) in [6.45, 7) is 15.9. The lowest BCUT2D eigenvalue weighted by Crippen LogP contribution is -2.59. The predicted octanol–water partition coefficient (Wildman–Crippen LogP) is 2.54. The van der Waals surface area contributed by atoms with Crippen LogP contribution in [-0.4, -0.2) is 97.2 Å². The molecule has 1 spiro atoms. The van der Waals surface area contributed by atoms with E-state index < -0.39 is 28.7 Å². The van der Waals surface area contributed by atoms with Crippen LogP contribution < -0.4 is 0 Å². The molecular formula is C25H38BrN3O4S. The van der Waals surface area contributed by atoms with Crippen LogP contribution in [-0.2, 0) is 14.4 Å². The van der Waals surface area contributed by atoms with Crippen LogP contribution in [0.1, 0.15) is 34.1 Å². The molecule has 3 rings (SSSR count). The number of thioether (sulfide) groups is 1. The predicted molar refractivity (Wildman–Crippen MR) is 140 cm³/mol. The van der Waals surface area contributed by atoms with E-state index in [1.54, 1.807) is 45.7 Å². The third kappa shape index (κ3) is 4.15. The zero-order valence-electron chi connectivity index (χ0n) is 20.8. The highest BCUT2D eigenvalue weighted by Gasteiger charge is 2.76. The quantitative estimate of drug-likeness (QED) is 0.331. The SMILES string of the molecule is C=CCN(C)C(=O)[C@H]1[C@@H]2SC3(CC2Br)C(C(=O)N(CC=C)C(C)C)N([C@@H](CO)C(C)C)C(=O)[C@H]13. The summed E-state index contributed by atoms with van der Waals surface area (Å²) in [5.41, 5.74) is 0. The zero-order chi connectivity index (χ0) is 25.5. The van der Waals surface area contributed by atoms with E-state index in [4.69, 9.17) is 0 Å². The number of likely N-dealkylation sites (N-methyl/N-ethyl adjacent to an activating group) is 1. The van der Waals surface area contributed by atoms with Crippen molar-refractivity contribution in [2.24, 2.45) is 17.8 Å². The maximum atomic E-state index is 14.2. The molecule has 0 aromatic heterocycles. The molecule has 0 aromatic carbocycles. The second-order valence-corrected chi connectivity index (χ2v) is 13.0. The third-order valence-corrected chi connectivity index (χ3v) is 10.8. The van der Waals surface area contributed by atoms with E-state index in [-0.39, 0.29) is 46.4 Å². The molecule has 0 aliphatic carbocycles. The standard InChI is InChI=1S/C25H38BrN3O4S/c1-8-10-27(7)22(31)18-19-23(32)29(17(13-30)14(3)4)21(24(33)28(11-9-2)15(5)6)25(19)12-16(26)20(18)34-25/h8-9,14-21,30H,1-2,10-13H2,3-7H3/t16?,17-,18+,19-,20+,21?,25?/m0/s1. The van der Waals surface area contributed by atoms with Crippen LogP contribution in [0, 0.1) is 17.8 Å². The minimum absolute atomic E-state index is 0.0152. The maximum Gasteiger partial charge on any atom is 0.247 e. The molecule has 34 heavy (non-hydrogen) atoms. The molecule has 1 N–H and O–H groups in total. The van der Waals surface area contributed by atoms with Crippen LogP contribution >= 0.6 is 27.7 Å². The van der Waals surface area contributed by atoms with Crippen LogP contribution in [0.5, 0.6) is 0 Å². The summed E-state index contributed by atoms with van der Waals surface area (Å²) in [7, 11) is 1.73. The Hall–Kier alpha value is -1.32. The van der Waals surface area contributed by atoms with E-state index in [1.165, 1.54) is 0 Å². The van der Waals surface area contributed by atoms with Gasteiger partial charge in [0.25, 0.3) is 0 Å². The Morgan fingerprint density at radius 1 is 1.24 bits per heavy atom. The van der Waals surface area contributed by atoms with Gasteiger partial charge in [-0.1, -0.05) is 41.9 Å². The number of aliphatic hydroxyl groups is 1. The van der Waals surface area contributed by atoms with E-state index in [1.807, 2.05) is 27.7 Å². The number of carbonyl (C=O) groups excluding carboxylic acids is 3. The van der Waals surface area contributed by atoms with Crippen LogP contribution in [0.15, 0.2) is 25.3 Å². The van der Waals surface area contributed by atoms with Crippen molar-refractivity contribution in [2.75, 3.05) is 26.7 Å². The number of nitrogens with zero attached hydrogens (tertiary/aromatic N) is 3. The molecule has 190 valence electrons. The molecule has 3 amide bonds. The summed E-state index contributed by atoms with van der Waals surface area (Å²) in [4.78, 5) is 46.9. The Bertz CT molecular complexity index is 852. The number of hydrogen-bond donors (Lipinski definition) is 1. The topological polar surface area (TPSA) is 81.2 Å². The smallest absolute Gasteiger partial charge is 0.247 e. The van der Waals surface area contributed by atoms with E-state index in [0.717, 1.165) is 0 Å². The Kier molecular flexibility index (Phi) is 8.30. The number of amides is 3. The lowest BCUT2D eigenvalue weighted by Gasteiger charge is -2.41. The highest BCUT2D eigenvalue weighted by Crippen LogP contribution is 2.68. The number of fused-ring (bicyclic) bond motifs is 1. The van der Waals surface area contributed by atoms with Gasteiger partial charge in [0.05, 0.1) is 29.2 Å². The van der Waals surface area contributed by atoms with Crippen molar-refractivity contribution in [3.05, 3.63) is 25.3 Å². The van der Waals surface area contributed by atoms with Crippen molar-refractivity contribution >= 4 is 45.4 Å². The Morgan fingerprint density at radius 3 is 2.35 bits per heavy atom. The fraction of sp³-hybridized carbons (Fsp3) is 0.720. The number of rotatable bonds is 10. The average molecular weight is 557 g/mol. The van der Waals surface area contributed by atoms with Gasteiger partial charge in [0.1, 0.15) is 6.04 Å². The first kappa shape index (κ1) is 27.3. The number of likely N-dealkylation sites (tertiary alicyclic amines) is 1. The van der Waals surface area contributed by atoms with Crippen molar-refractivity contribution in [3.63, 3.8) is 0 Å². The summed E-state index contributed by atoms with van der Waals surface area (Å²) >= 11 is 5.41. The number of aliphatic hydroxyl groups excluding tert-OH is 1. The van der Waals surface area contributed by atoms with Gasteiger partial charge in [-0.15, -0.1) is 24.9 Å². The van der Waals surface area contributed by atoms with Crippen molar-refractivity contribution in [3.8, 4) is 0 Å². The maximum absolute atomic E-state index is 14.2. The average Bonchev–Trinajstić information content (AvgIpc) is 3.35. The minimum Gasteiger partial charge on any atom is -0.394 e. The molecule has 3 heterocycles. The molecule has 2 bridgehead atoms. The molecule has 3 fully saturated rings. The summed E-state index contributed by atoms with van der Waals surface area (Å²) in [5, 5.41) is 10.2. The molecule has 3 aliphatic rings. The van der Waals surface area contributed by atoms with Crippen molar-refractivity contribution in [2.45, 2.75) is 67.1 Å². The van der Waals surface area contributed by atoms with Gasteiger partial charge < -0.3 is 19.8 Å². The van der Waals surface area contributed by atoms with Crippen molar-refractivity contribution < 1.29 is 19.5 Å². The summed E-state index contributed by atoms with van der Waals surface area (Å²) in [5.74, 6) is -1.59. The molecule has 0 radical (unpaired) electrons. The summed E-state index contributed by atoms with van der Waals surface area (Å²) in [6, 6.07) is -1.33. The van der Waals surface area contributed by atoms with Crippen molar-refractivity contribution in [1.29, 1.82) is 0 Å². The minimum atomic E-state index is -0.746. The lowest BCUT2D eigenvalue weighted by molar-refractivity contribution is -0.148. The molecule has 9 heteroatoms. The number of carbonyl (C=O) groups is 3. The van der Waals surface area contributed by atoms with Gasteiger partial charge in [-0.25, -0.2) is 0 Å². The van der Waals surface area contributed by atoms with Gasteiger partial charge in [0, 0.05) is 36.3 Å². The highest BCUT2D eigenvalue weighted by atomic mass is 79.9. The first-order valence-corrected chi connectivity index (χ1v) is 13.8. The van der Waals surface area contributed by atoms with Crippen LogP contribution in [0.25, 0.3) is 0 Å². The molecular weight excluding hydrogens is 518 g/mol. The Labute approximate surface area is 216 Å². The molecule has 0 aromatic rings. The molecule has 3 saturated heterocycles. The van der Waals surface area contributed by atoms with E-state index in [9.17, 15) is 19.5 Å². The molecule has 3 aliphatic heterocycles. The van der Waals surface area contributed by atoms with Crippen LogP contribution in [0.3, 0.4) is 0 Å². The van der Waals surface area contributed by atoms with Gasteiger partial charge in [-0.3, -0.25) is 14.4 Å². The second kappa shape index (κ2) is 10.3. The highest BCUT2D eigenvalue weighted by molar-refractivity contribution is 9.09. The van der Waals surface area contributed by atoms with Gasteiger partial charge in [0.15, 0.2) is 0 Å². The normalized spacial score (nSPS) is 32.8. The number of hydrogen-bond acceptors (Lipinski definition) is 5. The van der Waals surface area contributed by atoms with Crippen molar-refractivity contribution in [1.82, 2.24) is 14.7 Å². The molecule has 3 unspecified atom stereocenters. The molecule has 0 saturated carbocycles. The lowest BCUT2D eigenvalue weighted by atomic mass is 9.70. The zero-order valence-corrected chi connectivity index (χ0v) is 23.2. The number of halogens is 1. The van der Waals surface area contributed by atoms with E-state index >= 15 is 0 Å². The fourth-order valence-corrected chi connectivity index (χ4v) is 9.58. The van der Waals surface area contributed by atoms with Crippen LogP contribution in [0.4, 0.5) is 0 Å². The first-order valence-electron chi connectivity index (χ1n) is 12.0. The molecule has 7 atom stereocenters. The number of alkyl halides is 1. The molecule has 7 nitrogen and oxygen atoms in total.